The van der Waals surface area contributed by atoms with E-state index in [2.05, 4.69) is 0 Å². The molecular formula is C14H29NO5. The van der Waals surface area contributed by atoms with Crippen molar-refractivity contribution in [3.05, 3.63) is 0 Å². The summed E-state index contributed by atoms with van der Waals surface area (Å²) >= 11 is 0. The molecule has 0 aliphatic heterocycles. The third-order valence-electron chi connectivity index (χ3n) is 2.43. The van der Waals surface area contributed by atoms with Crippen LogP contribution in [0.25, 0.3) is 0 Å². The summed E-state index contributed by atoms with van der Waals surface area (Å²) < 4.78 is 21.1. The van der Waals surface area contributed by atoms with E-state index in [-0.39, 0.29) is 5.78 Å². The van der Waals surface area contributed by atoms with E-state index in [9.17, 15) is 4.79 Å². The van der Waals surface area contributed by atoms with Crippen molar-refractivity contribution in [1.29, 1.82) is 0 Å². The van der Waals surface area contributed by atoms with Crippen molar-refractivity contribution in [3.63, 3.8) is 0 Å². The molecule has 0 saturated carbocycles. The fraction of sp³-hybridized carbons (Fsp3) is 0.929. The van der Waals surface area contributed by atoms with Gasteiger partial charge in [-0.1, -0.05) is 6.92 Å². The summed E-state index contributed by atoms with van der Waals surface area (Å²) in [6.45, 7) is 6.82. The van der Waals surface area contributed by atoms with Crippen molar-refractivity contribution < 1.29 is 23.7 Å². The summed E-state index contributed by atoms with van der Waals surface area (Å²) in [5, 5.41) is 0. The number of nitrogens with two attached hydrogens (primary N) is 1. The molecule has 6 heteroatoms. The fourth-order valence-corrected chi connectivity index (χ4v) is 1.43. The first-order valence-electron chi connectivity index (χ1n) is 7.34. The summed E-state index contributed by atoms with van der Waals surface area (Å²) in [6.07, 6.45) is 2.05. The van der Waals surface area contributed by atoms with Crippen LogP contribution in [0, 0.1) is 0 Å². The van der Waals surface area contributed by atoms with Crippen molar-refractivity contribution >= 4 is 5.78 Å². The van der Waals surface area contributed by atoms with Gasteiger partial charge in [-0.05, 0) is 6.42 Å². The lowest BCUT2D eigenvalue weighted by molar-refractivity contribution is -0.120. The minimum Gasteiger partial charge on any atom is -0.379 e. The van der Waals surface area contributed by atoms with E-state index in [1.54, 1.807) is 0 Å². The second kappa shape index (κ2) is 16.5. The Bertz CT molecular complexity index is 214. The van der Waals surface area contributed by atoms with Crippen LogP contribution >= 0.6 is 0 Å². The summed E-state index contributed by atoms with van der Waals surface area (Å²) in [6, 6.07) is 0. The molecule has 0 aromatic heterocycles. The van der Waals surface area contributed by atoms with E-state index in [1.807, 2.05) is 6.92 Å². The van der Waals surface area contributed by atoms with Crippen molar-refractivity contribution in [2.45, 2.75) is 26.2 Å². The van der Waals surface area contributed by atoms with E-state index >= 15 is 0 Å². The van der Waals surface area contributed by atoms with Gasteiger partial charge in [-0.2, -0.15) is 0 Å². The van der Waals surface area contributed by atoms with E-state index in [0.717, 1.165) is 6.42 Å². The Balaban J connectivity index is 3.01. The Kier molecular flexibility index (Phi) is 16.1. The van der Waals surface area contributed by atoms with Crippen LogP contribution in [0.4, 0.5) is 0 Å². The van der Waals surface area contributed by atoms with Gasteiger partial charge in [0.1, 0.15) is 5.78 Å². The standard InChI is InChI=1S/C14H29NO5/c1-2-3-14(16)4-6-17-8-10-19-12-13-20-11-9-18-7-5-15/h2-13,15H2,1H3. The smallest absolute Gasteiger partial charge is 0.135 e. The number of rotatable bonds is 16. The zero-order valence-electron chi connectivity index (χ0n) is 12.6. The molecule has 0 amide bonds. The molecule has 120 valence electrons. The zero-order valence-corrected chi connectivity index (χ0v) is 12.6. The third kappa shape index (κ3) is 15.5. The molecule has 0 aliphatic carbocycles. The van der Waals surface area contributed by atoms with Gasteiger partial charge in [0.2, 0.25) is 0 Å². The third-order valence-corrected chi connectivity index (χ3v) is 2.43. The van der Waals surface area contributed by atoms with Gasteiger partial charge in [0, 0.05) is 19.4 Å². The second-order valence-corrected chi connectivity index (χ2v) is 4.28. The molecule has 0 aliphatic rings. The number of Topliss-reactive ketones (excluding diaryl/α,β-unsaturated/α-hetero) is 1. The normalized spacial score (nSPS) is 10.9. The Hall–Kier alpha value is -0.530. The van der Waals surface area contributed by atoms with Gasteiger partial charge in [0.05, 0.1) is 52.9 Å². The van der Waals surface area contributed by atoms with E-state index in [0.29, 0.717) is 72.2 Å². The van der Waals surface area contributed by atoms with E-state index in [4.69, 9.17) is 24.7 Å². The maximum atomic E-state index is 11.2. The molecule has 0 unspecified atom stereocenters. The summed E-state index contributed by atoms with van der Waals surface area (Å²) in [5.74, 6) is 0.263. The first kappa shape index (κ1) is 19.5. The molecule has 20 heavy (non-hydrogen) atoms. The van der Waals surface area contributed by atoms with Gasteiger partial charge in [-0.3, -0.25) is 4.79 Å². The van der Waals surface area contributed by atoms with Gasteiger partial charge < -0.3 is 24.7 Å². The highest BCUT2D eigenvalue weighted by Crippen LogP contribution is 1.94. The Morgan fingerprint density at radius 2 is 1.20 bits per heavy atom. The number of carbonyl (C=O) groups excluding carboxylic acids is 1. The molecule has 2 N–H and O–H groups in total. The molecule has 0 fully saturated rings. The summed E-state index contributed by atoms with van der Waals surface area (Å²) in [4.78, 5) is 11.2. The lowest BCUT2D eigenvalue weighted by atomic mass is 10.2. The van der Waals surface area contributed by atoms with E-state index in [1.165, 1.54) is 0 Å². The van der Waals surface area contributed by atoms with Crippen LogP contribution < -0.4 is 5.73 Å². The van der Waals surface area contributed by atoms with Crippen LogP contribution in [0.3, 0.4) is 0 Å². The first-order chi connectivity index (χ1) is 9.81. The fourth-order valence-electron chi connectivity index (χ4n) is 1.43. The maximum absolute atomic E-state index is 11.2. The number of ketones is 1. The average Bonchev–Trinajstić information content (AvgIpc) is 2.44. The predicted molar refractivity (Wildman–Crippen MR) is 76.9 cm³/mol. The van der Waals surface area contributed by atoms with Crippen molar-refractivity contribution in [2.75, 3.05) is 59.4 Å². The molecule has 0 spiro atoms. The van der Waals surface area contributed by atoms with Crippen molar-refractivity contribution in [1.82, 2.24) is 0 Å². The SMILES string of the molecule is CCCC(=O)CCOCCOCCOCCOCCN. The molecule has 0 aromatic rings. The summed E-state index contributed by atoms with van der Waals surface area (Å²) in [5.41, 5.74) is 5.27. The topological polar surface area (TPSA) is 80.0 Å². The molecule has 0 rings (SSSR count). The van der Waals surface area contributed by atoms with Gasteiger partial charge >= 0.3 is 0 Å². The quantitative estimate of drug-likeness (QED) is 0.423. The molecular weight excluding hydrogens is 262 g/mol. The largest absolute Gasteiger partial charge is 0.379 e. The molecule has 0 saturated heterocycles. The Morgan fingerprint density at radius 1 is 0.750 bits per heavy atom. The highest BCUT2D eigenvalue weighted by molar-refractivity contribution is 5.78. The molecule has 0 radical (unpaired) electrons. The monoisotopic (exact) mass is 291 g/mol. The molecule has 0 heterocycles. The molecule has 0 bridgehead atoms. The number of hydrogen-bond acceptors (Lipinski definition) is 6. The number of ether oxygens (including phenoxy) is 4. The van der Waals surface area contributed by atoms with Gasteiger partial charge in [-0.25, -0.2) is 0 Å². The van der Waals surface area contributed by atoms with Gasteiger partial charge in [-0.15, -0.1) is 0 Å². The Labute approximate surface area is 121 Å². The van der Waals surface area contributed by atoms with Crippen molar-refractivity contribution in [2.24, 2.45) is 5.73 Å². The van der Waals surface area contributed by atoms with Gasteiger partial charge in [0.15, 0.2) is 0 Å². The minimum absolute atomic E-state index is 0.263. The lowest BCUT2D eigenvalue weighted by Gasteiger charge is -2.07. The van der Waals surface area contributed by atoms with Crippen LogP contribution in [-0.4, -0.2) is 65.2 Å². The molecule has 6 nitrogen and oxygen atoms in total. The summed E-state index contributed by atoms with van der Waals surface area (Å²) in [7, 11) is 0. The van der Waals surface area contributed by atoms with Crippen LogP contribution in [-0.2, 0) is 23.7 Å². The first-order valence-corrected chi connectivity index (χ1v) is 7.34. The minimum atomic E-state index is 0.263. The van der Waals surface area contributed by atoms with Crippen LogP contribution in [0.5, 0.6) is 0 Å². The Morgan fingerprint density at radius 3 is 1.65 bits per heavy atom. The lowest BCUT2D eigenvalue weighted by Crippen LogP contribution is -2.14. The highest BCUT2D eigenvalue weighted by atomic mass is 16.6. The number of hydrogen-bond donors (Lipinski definition) is 1. The number of carbonyl (C=O) groups is 1. The highest BCUT2D eigenvalue weighted by Gasteiger charge is 1.99. The predicted octanol–water partition coefficient (Wildman–Crippen LogP) is 0.771. The van der Waals surface area contributed by atoms with E-state index < -0.39 is 0 Å². The molecule has 0 aromatic carbocycles. The van der Waals surface area contributed by atoms with Crippen molar-refractivity contribution in [3.8, 4) is 0 Å². The van der Waals surface area contributed by atoms with Crippen LogP contribution in [0.1, 0.15) is 26.2 Å². The van der Waals surface area contributed by atoms with Crippen LogP contribution in [0.2, 0.25) is 0 Å². The van der Waals surface area contributed by atoms with Crippen LogP contribution in [0.15, 0.2) is 0 Å². The zero-order chi connectivity index (χ0) is 14.9. The average molecular weight is 291 g/mol. The van der Waals surface area contributed by atoms with Gasteiger partial charge in [0.25, 0.3) is 0 Å². The molecule has 0 atom stereocenters. The second-order valence-electron chi connectivity index (χ2n) is 4.28. The maximum Gasteiger partial charge on any atom is 0.135 e.